The minimum absolute atomic E-state index is 0.444. The summed E-state index contributed by atoms with van der Waals surface area (Å²) < 4.78 is 0. The maximum absolute atomic E-state index is 11.7. The average molecular weight is 368 g/mol. The fourth-order valence-corrected chi connectivity index (χ4v) is 3.52. The van der Waals surface area contributed by atoms with Crippen molar-refractivity contribution in [3.8, 4) is 0 Å². The molecule has 0 aliphatic heterocycles. The van der Waals surface area contributed by atoms with E-state index in [0.717, 1.165) is 25.8 Å². The predicted molar refractivity (Wildman–Crippen MR) is 117 cm³/mol. The van der Waals surface area contributed by atoms with E-state index in [2.05, 4.69) is 11.8 Å². The first kappa shape index (κ1) is 25.6. The van der Waals surface area contributed by atoms with Crippen LogP contribution in [0, 0.1) is 0 Å². The van der Waals surface area contributed by atoms with Crippen LogP contribution in [0.25, 0.3) is 0 Å². The van der Waals surface area contributed by atoms with Crippen LogP contribution in [0.4, 0.5) is 0 Å². The van der Waals surface area contributed by atoms with Crippen molar-refractivity contribution in [2.24, 2.45) is 0 Å². The lowest BCUT2D eigenvalue weighted by atomic mass is 10.0. The van der Waals surface area contributed by atoms with E-state index in [4.69, 9.17) is 0 Å². The van der Waals surface area contributed by atoms with Crippen molar-refractivity contribution in [3.63, 3.8) is 0 Å². The van der Waals surface area contributed by atoms with Crippen LogP contribution in [0.1, 0.15) is 129 Å². The lowest BCUT2D eigenvalue weighted by molar-refractivity contribution is -0.119. The zero-order valence-electron chi connectivity index (χ0n) is 18.5. The van der Waals surface area contributed by atoms with Crippen LogP contribution in [0.2, 0.25) is 0 Å². The Morgan fingerprint density at radius 1 is 0.538 bits per heavy atom. The van der Waals surface area contributed by atoms with Gasteiger partial charge < -0.3 is 4.90 Å². The highest BCUT2D eigenvalue weighted by Crippen LogP contribution is 2.14. The molecule has 0 atom stereocenters. The van der Waals surface area contributed by atoms with Gasteiger partial charge in [0.15, 0.2) is 0 Å². The molecule has 0 N–H and O–H groups in total. The fraction of sp³-hybridized carbons (Fsp3) is 0.958. The van der Waals surface area contributed by atoms with Crippen LogP contribution >= 0.6 is 0 Å². The van der Waals surface area contributed by atoms with Gasteiger partial charge in [-0.25, -0.2) is 0 Å². The minimum Gasteiger partial charge on any atom is -0.309 e. The molecule has 0 aromatic carbocycles. The quantitative estimate of drug-likeness (QED) is 0.195. The highest BCUT2D eigenvalue weighted by molar-refractivity contribution is 5.78. The van der Waals surface area contributed by atoms with E-state index in [-0.39, 0.29) is 0 Å². The Balaban J connectivity index is 3.08. The lowest BCUT2D eigenvalue weighted by Crippen LogP contribution is -2.16. The first-order valence-electron chi connectivity index (χ1n) is 11.8. The van der Waals surface area contributed by atoms with Gasteiger partial charge in [0, 0.05) is 19.4 Å². The van der Waals surface area contributed by atoms with Crippen molar-refractivity contribution in [2.45, 2.75) is 129 Å². The van der Waals surface area contributed by atoms with Crippen molar-refractivity contribution in [2.75, 3.05) is 20.6 Å². The molecule has 0 amide bonds. The van der Waals surface area contributed by atoms with Crippen LogP contribution in [-0.4, -0.2) is 31.3 Å². The van der Waals surface area contributed by atoms with Crippen molar-refractivity contribution in [1.82, 2.24) is 4.90 Å². The van der Waals surface area contributed by atoms with Gasteiger partial charge in [0.05, 0.1) is 0 Å². The number of hydrogen-bond donors (Lipinski definition) is 0. The maximum Gasteiger partial charge on any atom is 0.134 e. The van der Waals surface area contributed by atoms with Gasteiger partial charge in [0.1, 0.15) is 5.78 Å². The second kappa shape index (κ2) is 20.9. The van der Waals surface area contributed by atoms with Gasteiger partial charge in [0.25, 0.3) is 0 Å². The number of carbonyl (C=O) groups is 1. The van der Waals surface area contributed by atoms with Gasteiger partial charge in [-0.15, -0.1) is 0 Å². The summed E-state index contributed by atoms with van der Waals surface area (Å²) >= 11 is 0. The van der Waals surface area contributed by atoms with E-state index in [1.54, 1.807) is 0 Å². The number of ketones is 1. The molecule has 0 aliphatic carbocycles. The number of carbonyl (C=O) groups excluding carboxylic acids is 1. The lowest BCUT2D eigenvalue weighted by Gasteiger charge is -2.08. The molecule has 0 rings (SSSR count). The molecule has 0 fully saturated rings. The molecule has 0 aliphatic rings. The van der Waals surface area contributed by atoms with Gasteiger partial charge in [-0.2, -0.15) is 0 Å². The SMILES string of the molecule is CCCCCCCCCCCCCCCCCCCC(=O)CCN(C)C. The van der Waals surface area contributed by atoms with E-state index in [1.807, 2.05) is 14.1 Å². The second-order valence-corrected chi connectivity index (χ2v) is 8.50. The Hall–Kier alpha value is -0.370. The summed E-state index contributed by atoms with van der Waals surface area (Å²) in [6.07, 6.45) is 25.2. The Morgan fingerprint density at radius 2 is 0.885 bits per heavy atom. The standard InChI is InChI=1S/C24H49NO/c1-4-5-6-7-8-9-10-11-12-13-14-15-16-17-18-19-20-21-24(26)22-23-25(2)3/h4-23H2,1-3H3. The van der Waals surface area contributed by atoms with Crippen LogP contribution in [0.5, 0.6) is 0 Å². The number of Topliss-reactive ketones (excluding diaryl/α,β-unsaturated/α-hetero) is 1. The highest BCUT2D eigenvalue weighted by Gasteiger charge is 2.02. The summed E-state index contributed by atoms with van der Waals surface area (Å²) in [7, 11) is 4.06. The molecule has 0 aromatic heterocycles. The van der Waals surface area contributed by atoms with Crippen LogP contribution in [0.15, 0.2) is 0 Å². The second-order valence-electron chi connectivity index (χ2n) is 8.50. The van der Waals surface area contributed by atoms with E-state index in [0.29, 0.717) is 5.78 Å². The molecule has 2 heteroatoms. The maximum atomic E-state index is 11.7. The Labute approximate surface area is 165 Å². The fourth-order valence-electron chi connectivity index (χ4n) is 3.52. The third-order valence-corrected chi connectivity index (χ3v) is 5.40. The summed E-state index contributed by atoms with van der Waals surface area (Å²) in [5.74, 6) is 0.444. The van der Waals surface area contributed by atoms with Crippen molar-refractivity contribution >= 4 is 5.78 Å². The summed E-state index contributed by atoms with van der Waals surface area (Å²) in [6, 6.07) is 0. The molecule has 26 heavy (non-hydrogen) atoms. The average Bonchev–Trinajstić information content (AvgIpc) is 2.62. The third-order valence-electron chi connectivity index (χ3n) is 5.40. The largest absolute Gasteiger partial charge is 0.309 e. The molecular weight excluding hydrogens is 318 g/mol. The summed E-state index contributed by atoms with van der Waals surface area (Å²) in [5.41, 5.74) is 0. The Morgan fingerprint density at radius 3 is 1.23 bits per heavy atom. The van der Waals surface area contributed by atoms with Crippen LogP contribution in [-0.2, 0) is 4.79 Å². The predicted octanol–water partition coefficient (Wildman–Crippen LogP) is 7.55. The van der Waals surface area contributed by atoms with Gasteiger partial charge >= 0.3 is 0 Å². The number of rotatable bonds is 21. The molecule has 2 nitrogen and oxygen atoms in total. The molecule has 0 saturated carbocycles. The van der Waals surface area contributed by atoms with Crippen LogP contribution < -0.4 is 0 Å². The minimum atomic E-state index is 0.444. The molecule has 0 spiro atoms. The first-order valence-corrected chi connectivity index (χ1v) is 11.8. The molecule has 0 radical (unpaired) electrons. The van der Waals surface area contributed by atoms with Crippen molar-refractivity contribution in [3.05, 3.63) is 0 Å². The van der Waals surface area contributed by atoms with Crippen LogP contribution in [0.3, 0.4) is 0 Å². The zero-order valence-corrected chi connectivity index (χ0v) is 18.5. The number of hydrogen-bond acceptors (Lipinski definition) is 2. The van der Waals surface area contributed by atoms with Gasteiger partial charge in [-0.05, 0) is 20.5 Å². The van der Waals surface area contributed by atoms with E-state index in [9.17, 15) is 4.79 Å². The molecule has 0 saturated heterocycles. The van der Waals surface area contributed by atoms with Gasteiger partial charge in [0.2, 0.25) is 0 Å². The number of unbranched alkanes of at least 4 members (excludes halogenated alkanes) is 16. The van der Waals surface area contributed by atoms with E-state index in [1.165, 1.54) is 103 Å². The zero-order chi connectivity index (χ0) is 19.3. The first-order chi connectivity index (χ1) is 12.7. The van der Waals surface area contributed by atoms with Crippen molar-refractivity contribution in [1.29, 1.82) is 0 Å². The number of nitrogens with zero attached hydrogens (tertiary/aromatic N) is 1. The van der Waals surface area contributed by atoms with Gasteiger partial charge in [-0.1, -0.05) is 110 Å². The molecule has 0 aromatic rings. The normalized spacial score (nSPS) is 11.4. The smallest absolute Gasteiger partial charge is 0.134 e. The van der Waals surface area contributed by atoms with E-state index >= 15 is 0 Å². The van der Waals surface area contributed by atoms with Gasteiger partial charge in [-0.3, -0.25) is 4.79 Å². The molecule has 0 bridgehead atoms. The molecule has 0 unspecified atom stereocenters. The topological polar surface area (TPSA) is 20.3 Å². The summed E-state index contributed by atoms with van der Waals surface area (Å²) in [6.45, 7) is 3.19. The Kier molecular flexibility index (Phi) is 20.6. The molecule has 156 valence electrons. The molecule has 0 heterocycles. The summed E-state index contributed by atoms with van der Waals surface area (Å²) in [5, 5.41) is 0. The summed E-state index contributed by atoms with van der Waals surface area (Å²) in [4.78, 5) is 13.8. The van der Waals surface area contributed by atoms with E-state index < -0.39 is 0 Å². The van der Waals surface area contributed by atoms with Crippen molar-refractivity contribution < 1.29 is 4.79 Å². The Bertz CT molecular complexity index is 288. The highest BCUT2D eigenvalue weighted by atomic mass is 16.1. The molecular formula is C24H49NO. The monoisotopic (exact) mass is 367 g/mol. The third kappa shape index (κ3) is 21.7.